The fourth-order valence-electron chi connectivity index (χ4n) is 3.35. The highest BCUT2D eigenvalue weighted by Gasteiger charge is 2.30. The maximum absolute atomic E-state index is 10.7. The molecule has 1 saturated carbocycles. The molecule has 2 unspecified atom stereocenters. The van der Waals surface area contributed by atoms with Gasteiger partial charge in [0.15, 0.2) is 0 Å². The summed E-state index contributed by atoms with van der Waals surface area (Å²) in [6, 6.07) is 6.71. The quantitative estimate of drug-likeness (QED) is 0.683. The number of hydrogen-bond acceptors (Lipinski definition) is 5. The van der Waals surface area contributed by atoms with Crippen LogP contribution in [0.15, 0.2) is 24.3 Å². The number of anilines is 1. The number of hydrogen-bond donors (Lipinski definition) is 1. The molecular weight excluding hydrogens is 284 g/mol. The number of nitrogens with zero attached hydrogens (tertiary/aromatic N) is 2. The lowest BCUT2D eigenvalue weighted by molar-refractivity contribution is -0.384. The van der Waals surface area contributed by atoms with Gasteiger partial charge < -0.3 is 14.7 Å². The Morgan fingerprint density at radius 2 is 1.82 bits per heavy atom. The minimum atomic E-state index is -0.378. The molecule has 1 aromatic rings. The molecule has 22 heavy (non-hydrogen) atoms. The zero-order valence-electron chi connectivity index (χ0n) is 12.6. The van der Waals surface area contributed by atoms with Gasteiger partial charge >= 0.3 is 0 Å². The van der Waals surface area contributed by atoms with Crippen LogP contribution >= 0.6 is 0 Å². The Morgan fingerprint density at radius 1 is 1.14 bits per heavy atom. The van der Waals surface area contributed by atoms with Gasteiger partial charge in [-0.3, -0.25) is 10.1 Å². The number of aliphatic hydroxyl groups is 1. The van der Waals surface area contributed by atoms with Gasteiger partial charge in [0.2, 0.25) is 0 Å². The molecular formula is C16H22N2O4. The normalized spacial score (nSPS) is 26.3. The second kappa shape index (κ2) is 6.62. The van der Waals surface area contributed by atoms with Crippen LogP contribution in [0.5, 0.6) is 0 Å². The number of non-ortho nitro benzene ring substituents is 1. The molecule has 0 bridgehead atoms. The fraction of sp³-hybridized carbons (Fsp3) is 0.625. The molecule has 6 heteroatoms. The summed E-state index contributed by atoms with van der Waals surface area (Å²) in [6.07, 6.45) is 4.65. The first-order valence-electron chi connectivity index (χ1n) is 7.96. The van der Waals surface area contributed by atoms with Crippen molar-refractivity contribution in [3.8, 4) is 0 Å². The van der Waals surface area contributed by atoms with Gasteiger partial charge in [0, 0.05) is 30.9 Å². The molecule has 6 nitrogen and oxygen atoms in total. The summed E-state index contributed by atoms with van der Waals surface area (Å²) >= 11 is 0. The predicted octanol–water partition coefficient (Wildman–Crippen LogP) is 2.49. The number of aliphatic hydroxyl groups excluding tert-OH is 1. The molecule has 2 atom stereocenters. The molecule has 1 aliphatic heterocycles. The van der Waals surface area contributed by atoms with Gasteiger partial charge in [-0.05, 0) is 44.2 Å². The number of benzene rings is 1. The van der Waals surface area contributed by atoms with E-state index < -0.39 is 0 Å². The Kier molecular flexibility index (Phi) is 4.59. The van der Waals surface area contributed by atoms with E-state index in [2.05, 4.69) is 4.90 Å². The number of rotatable bonds is 4. The van der Waals surface area contributed by atoms with Gasteiger partial charge in [-0.25, -0.2) is 0 Å². The second-order valence-corrected chi connectivity index (χ2v) is 6.13. The summed E-state index contributed by atoms with van der Waals surface area (Å²) < 4.78 is 6.03. The molecule has 1 aliphatic carbocycles. The predicted molar refractivity (Wildman–Crippen MR) is 83.1 cm³/mol. The number of piperidine rings is 1. The summed E-state index contributed by atoms with van der Waals surface area (Å²) in [5, 5.41) is 20.5. The number of ether oxygens (including phenoxy) is 1. The lowest BCUT2D eigenvalue weighted by Gasteiger charge is -2.35. The molecule has 0 radical (unpaired) electrons. The molecule has 1 saturated heterocycles. The molecule has 0 aromatic heterocycles. The summed E-state index contributed by atoms with van der Waals surface area (Å²) in [5.74, 6) is 0. The molecule has 3 rings (SSSR count). The van der Waals surface area contributed by atoms with Crippen LogP contribution in [0.2, 0.25) is 0 Å². The molecule has 2 fully saturated rings. The Hall–Kier alpha value is -1.66. The average Bonchev–Trinajstić information content (AvgIpc) is 2.93. The SMILES string of the molecule is O=[N+]([O-])c1ccc(N2CCC(OC3CCCC3O)CC2)cc1. The first kappa shape index (κ1) is 15.2. The maximum atomic E-state index is 10.7. The summed E-state index contributed by atoms with van der Waals surface area (Å²) in [4.78, 5) is 12.5. The third-order valence-electron chi connectivity index (χ3n) is 4.65. The third kappa shape index (κ3) is 3.39. The number of nitro benzene ring substituents is 1. The Balaban J connectivity index is 1.51. The summed E-state index contributed by atoms with van der Waals surface area (Å²) in [6.45, 7) is 1.76. The van der Waals surface area contributed by atoms with Gasteiger partial charge in [-0.2, -0.15) is 0 Å². The number of nitro groups is 1. The third-order valence-corrected chi connectivity index (χ3v) is 4.65. The first-order chi connectivity index (χ1) is 10.6. The maximum Gasteiger partial charge on any atom is 0.269 e. The van der Waals surface area contributed by atoms with E-state index in [1.54, 1.807) is 24.3 Å². The highest BCUT2D eigenvalue weighted by Crippen LogP contribution is 2.28. The van der Waals surface area contributed by atoms with E-state index in [4.69, 9.17) is 4.74 Å². The van der Waals surface area contributed by atoms with Crippen molar-refractivity contribution in [1.29, 1.82) is 0 Å². The zero-order chi connectivity index (χ0) is 15.5. The van der Waals surface area contributed by atoms with Crippen LogP contribution in [0.3, 0.4) is 0 Å². The molecule has 1 aromatic carbocycles. The van der Waals surface area contributed by atoms with Crippen molar-refractivity contribution in [1.82, 2.24) is 0 Å². The van der Waals surface area contributed by atoms with E-state index in [-0.39, 0.29) is 28.9 Å². The van der Waals surface area contributed by atoms with Crippen LogP contribution in [-0.4, -0.2) is 41.4 Å². The molecule has 0 spiro atoms. The van der Waals surface area contributed by atoms with E-state index >= 15 is 0 Å². The highest BCUT2D eigenvalue weighted by atomic mass is 16.6. The van der Waals surface area contributed by atoms with Crippen LogP contribution in [0.4, 0.5) is 11.4 Å². The first-order valence-corrected chi connectivity index (χ1v) is 7.96. The standard InChI is InChI=1S/C16H22N2O4/c19-15-2-1-3-16(15)22-14-8-10-17(11-9-14)12-4-6-13(7-5-12)18(20)21/h4-7,14-16,19H,1-3,8-11H2. The molecule has 120 valence electrons. The van der Waals surface area contributed by atoms with Crippen LogP contribution in [0, 0.1) is 10.1 Å². The van der Waals surface area contributed by atoms with Gasteiger partial charge in [0.25, 0.3) is 5.69 Å². The van der Waals surface area contributed by atoms with Crippen LogP contribution in [0.1, 0.15) is 32.1 Å². The van der Waals surface area contributed by atoms with E-state index in [0.717, 1.165) is 50.9 Å². The topological polar surface area (TPSA) is 75.8 Å². The van der Waals surface area contributed by atoms with Gasteiger partial charge in [0.1, 0.15) is 0 Å². The van der Waals surface area contributed by atoms with Gasteiger partial charge in [-0.15, -0.1) is 0 Å². The van der Waals surface area contributed by atoms with Crippen molar-refractivity contribution in [3.05, 3.63) is 34.4 Å². The fourth-order valence-corrected chi connectivity index (χ4v) is 3.35. The molecule has 1 heterocycles. The largest absolute Gasteiger partial charge is 0.390 e. The minimum absolute atomic E-state index is 0.0101. The van der Waals surface area contributed by atoms with Crippen molar-refractivity contribution >= 4 is 11.4 Å². The van der Waals surface area contributed by atoms with E-state index in [9.17, 15) is 15.2 Å². The van der Waals surface area contributed by atoms with Crippen molar-refractivity contribution in [2.45, 2.75) is 50.4 Å². The lowest BCUT2D eigenvalue weighted by Crippen LogP contribution is -2.39. The zero-order valence-corrected chi connectivity index (χ0v) is 12.6. The van der Waals surface area contributed by atoms with E-state index in [1.165, 1.54) is 0 Å². The van der Waals surface area contributed by atoms with Crippen molar-refractivity contribution < 1.29 is 14.8 Å². The Bertz CT molecular complexity index is 511. The van der Waals surface area contributed by atoms with Crippen LogP contribution in [0.25, 0.3) is 0 Å². The van der Waals surface area contributed by atoms with Crippen LogP contribution < -0.4 is 4.90 Å². The highest BCUT2D eigenvalue weighted by molar-refractivity contribution is 5.51. The van der Waals surface area contributed by atoms with Gasteiger partial charge in [-0.1, -0.05) is 0 Å². The Morgan fingerprint density at radius 3 is 2.36 bits per heavy atom. The monoisotopic (exact) mass is 306 g/mol. The molecule has 2 aliphatic rings. The van der Waals surface area contributed by atoms with Gasteiger partial charge in [0.05, 0.1) is 23.2 Å². The summed E-state index contributed by atoms with van der Waals surface area (Å²) in [7, 11) is 0. The average molecular weight is 306 g/mol. The van der Waals surface area contributed by atoms with Crippen molar-refractivity contribution in [3.63, 3.8) is 0 Å². The van der Waals surface area contributed by atoms with Crippen LogP contribution in [-0.2, 0) is 4.74 Å². The second-order valence-electron chi connectivity index (χ2n) is 6.13. The lowest BCUT2D eigenvalue weighted by atomic mass is 10.1. The van der Waals surface area contributed by atoms with Crippen molar-refractivity contribution in [2.24, 2.45) is 0 Å². The molecule has 0 amide bonds. The van der Waals surface area contributed by atoms with Crippen molar-refractivity contribution in [2.75, 3.05) is 18.0 Å². The minimum Gasteiger partial charge on any atom is -0.390 e. The van der Waals surface area contributed by atoms with E-state index in [0.29, 0.717) is 0 Å². The van der Waals surface area contributed by atoms with E-state index in [1.807, 2.05) is 0 Å². The molecule has 1 N–H and O–H groups in total. The summed E-state index contributed by atoms with van der Waals surface area (Å²) in [5.41, 5.74) is 1.14. The Labute approximate surface area is 129 Å². The smallest absolute Gasteiger partial charge is 0.269 e.